The highest BCUT2D eigenvalue weighted by Gasteiger charge is 2.16. The molecule has 1 aromatic rings. The summed E-state index contributed by atoms with van der Waals surface area (Å²) in [6.07, 6.45) is 1.11. The molecule has 1 heterocycles. The summed E-state index contributed by atoms with van der Waals surface area (Å²) in [6, 6.07) is 0. The van der Waals surface area contributed by atoms with Crippen molar-refractivity contribution in [2.24, 2.45) is 5.84 Å². The van der Waals surface area contributed by atoms with Crippen molar-refractivity contribution in [1.29, 1.82) is 0 Å². The largest absolute Gasteiger partial charge is 0.363 e. The van der Waals surface area contributed by atoms with Gasteiger partial charge in [0.2, 0.25) is 11.8 Å². The van der Waals surface area contributed by atoms with Gasteiger partial charge in [-0.2, -0.15) is 4.98 Å². The van der Waals surface area contributed by atoms with Crippen LogP contribution < -0.4 is 16.6 Å². The number of nitrogens with zero attached hydrogens (tertiary/aromatic N) is 4. The molecule has 0 aliphatic rings. The van der Waals surface area contributed by atoms with Gasteiger partial charge in [0, 0.05) is 13.1 Å². The number of nitrogens with one attached hydrogen (secondary N) is 2. The Bertz CT molecular complexity index is 395. The molecule has 9 heteroatoms. The highest BCUT2D eigenvalue weighted by atomic mass is 16.6. The molecule has 1 rings (SSSR count). The molecule has 0 atom stereocenters. The lowest BCUT2D eigenvalue weighted by molar-refractivity contribution is -0.384. The standard InChI is InChI=1S/C8H15N7O2/c1-14(2)4-3-10-7-6(15(16)17)5-11-8(12-7)13-9/h5H,3-4,9H2,1-2H3,(H2,10,11,12,13). The lowest BCUT2D eigenvalue weighted by atomic mass is 10.4. The van der Waals surface area contributed by atoms with Crippen LogP contribution in [0.3, 0.4) is 0 Å². The number of nitrogen functional groups attached to an aromatic ring is 1. The van der Waals surface area contributed by atoms with Gasteiger partial charge in [0.05, 0.1) is 4.92 Å². The molecule has 0 aliphatic heterocycles. The van der Waals surface area contributed by atoms with E-state index in [1.54, 1.807) is 0 Å². The summed E-state index contributed by atoms with van der Waals surface area (Å²) >= 11 is 0. The van der Waals surface area contributed by atoms with Crippen molar-refractivity contribution in [1.82, 2.24) is 14.9 Å². The van der Waals surface area contributed by atoms with Crippen LogP contribution >= 0.6 is 0 Å². The minimum Gasteiger partial charge on any atom is -0.363 e. The summed E-state index contributed by atoms with van der Waals surface area (Å²) in [7, 11) is 3.81. The van der Waals surface area contributed by atoms with E-state index in [0.717, 1.165) is 12.7 Å². The molecular weight excluding hydrogens is 226 g/mol. The Morgan fingerprint density at radius 2 is 2.29 bits per heavy atom. The summed E-state index contributed by atoms with van der Waals surface area (Å²) in [5.41, 5.74) is 2.06. The van der Waals surface area contributed by atoms with Crippen LogP contribution in [0.1, 0.15) is 0 Å². The van der Waals surface area contributed by atoms with Crippen molar-refractivity contribution in [2.45, 2.75) is 0 Å². The fourth-order valence-electron chi connectivity index (χ4n) is 1.11. The van der Waals surface area contributed by atoms with Crippen molar-refractivity contribution in [2.75, 3.05) is 37.9 Å². The van der Waals surface area contributed by atoms with Crippen molar-refractivity contribution in [3.05, 3.63) is 16.3 Å². The maximum Gasteiger partial charge on any atom is 0.329 e. The van der Waals surface area contributed by atoms with Gasteiger partial charge in [0.15, 0.2) is 0 Å². The first-order valence-corrected chi connectivity index (χ1v) is 4.91. The van der Waals surface area contributed by atoms with E-state index >= 15 is 0 Å². The lowest BCUT2D eigenvalue weighted by Gasteiger charge is -2.11. The molecule has 1 aromatic heterocycles. The lowest BCUT2D eigenvalue weighted by Crippen LogP contribution is -2.22. The normalized spacial score (nSPS) is 10.4. The molecule has 17 heavy (non-hydrogen) atoms. The van der Waals surface area contributed by atoms with Crippen LogP contribution in [0.15, 0.2) is 6.20 Å². The Morgan fingerprint density at radius 3 is 2.82 bits per heavy atom. The highest BCUT2D eigenvalue weighted by Crippen LogP contribution is 2.21. The molecule has 0 unspecified atom stereocenters. The zero-order chi connectivity index (χ0) is 12.8. The van der Waals surface area contributed by atoms with Crippen LogP contribution in [0.2, 0.25) is 0 Å². The number of likely N-dealkylation sites (N-methyl/N-ethyl adjacent to an activating group) is 1. The summed E-state index contributed by atoms with van der Waals surface area (Å²) in [6.45, 7) is 1.27. The molecule has 0 saturated carbocycles. The van der Waals surface area contributed by atoms with E-state index in [-0.39, 0.29) is 17.5 Å². The molecular formula is C8H15N7O2. The third-order valence-electron chi connectivity index (χ3n) is 1.95. The summed E-state index contributed by atoms with van der Waals surface area (Å²) in [5, 5.41) is 13.6. The fourth-order valence-corrected chi connectivity index (χ4v) is 1.11. The smallest absolute Gasteiger partial charge is 0.329 e. The van der Waals surface area contributed by atoms with Gasteiger partial charge in [-0.15, -0.1) is 0 Å². The van der Waals surface area contributed by atoms with E-state index in [1.807, 2.05) is 19.0 Å². The number of anilines is 2. The highest BCUT2D eigenvalue weighted by molar-refractivity contribution is 5.56. The Balaban J connectivity index is 2.82. The average molecular weight is 241 g/mol. The molecule has 0 saturated heterocycles. The predicted molar refractivity (Wildman–Crippen MR) is 63.5 cm³/mol. The second-order valence-corrected chi connectivity index (χ2v) is 3.56. The molecule has 0 radical (unpaired) electrons. The first-order valence-electron chi connectivity index (χ1n) is 4.91. The van der Waals surface area contributed by atoms with E-state index in [2.05, 4.69) is 20.7 Å². The average Bonchev–Trinajstić information content (AvgIpc) is 2.28. The molecule has 0 bridgehead atoms. The van der Waals surface area contributed by atoms with Crippen LogP contribution in [-0.2, 0) is 0 Å². The van der Waals surface area contributed by atoms with Crippen LogP contribution in [0.25, 0.3) is 0 Å². The fraction of sp³-hybridized carbons (Fsp3) is 0.500. The second kappa shape index (κ2) is 5.92. The number of nitrogens with two attached hydrogens (primary N) is 1. The van der Waals surface area contributed by atoms with Gasteiger partial charge >= 0.3 is 5.69 Å². The zero-order valence-electron chi connectivity index (χ0n) is 9.67. The number of hydrogen-bond donors (Lipinski definition) is 3. The Hall–Kier alpha value is -2.00. The van der Waals surface area contributed by atoms with Gasteiger partial charge in [-0.05, 0) is 14.1 Å². The van der Waals surface area contributed by atoms with E-state index in [4.69, 9.17) is 5.84 Å². The van der Waals surface area contributed by atoms with Crippen LogP contribution in [-0.4, -0.2) is 47.0 Å². The minimum absolute atomic E-state index is 0.128. The van der Waals surface area contributed by atoms with Gasteiger partial charge < -0.3 is 10.2 Å². The van der Waals surface area contributed by atoms with E-state index in [9.17, 15) is 10.1 Å². The first-order chi connectivity index (χ1) is 8.04. The third-order valence-corrected chi connectivity index (χ3v) is 1.95. The molecule has 0 amide bonds. The van der Waals surface area contributed by atoms with Crippen molar-refractivity contribution < 1.29 is 4.92 Å². The van der Waals surface area contributed by atoms with E-state index < -0.39 is 4.92 Å². The van der Waals surface area contributed by atoms with Crippen molar-refractivity contribution in [3.8, 4) is 0 Å². The van der Waals surface area contributed by atoms with Gasteiger partial charge in [-0.25, -0.2) is 10.8 Å². The molecule has 9 nitrogen and oxygen atoms in total. The van der Waals surface area contributed by atoms with E-state index in [0.29, 0.717) is 6.54 Å². The zero-order valence-corrected chi connectivity index (χ0v) is 9.67. The summed E-state index contributed by atoms with van der Waals surface area (Å²) in [5.74, 6) is 5.42. The SMILES string of the molecule is CN(C)CCNc1nc(NN)ncc1[N+](=O)[O-]. The maximum absolute atomic E-state index is 10.7. The number of hydrogen-bond acceptors (Lipinski definition) is 8. The van der Waals surface area contributed by atoms with Gasteiger partial charge in [0.1, 0.15) is 6.20 Å². The Labute approximate surface area is 98.2 Å². The monoisotopic (exact) mass is 241 g/mol. The van der Waals surface area contributed by atoms with Gasteiger partial charge in [0.25, 0.3) is 0 Å². The predicted octanol–water partition coefficient (Wildman–Crippen LogP) is -0.356. The maximum atomic E-state index is 10.7. The number of rotatable bonds is 6. The van der Waals surface area contributed by atoms with Crippen LogP contribution in [0, 0.1) is 10.1 Å². The number of hydrazine groups is 1. The molecule has 0 aliphatic carbocycles. The quantitative estimate of drug-likeness (QED) is 0.350. The second-order valence-electron chi connectivity index (χ2n) is 3.56. The Kier molecular flexibility index (Phi) is 4.55. The summed E-state index contributed by atoms with van der Waals surface area (Å²) in [4.78, 5) is 19.7. The van der Waals surface area contributed by atoms with Crippen molar-refractivity contribution in [3.63, 3.8) is 0 Å². The molecule has 94 valence electrons. The van der Waals surface area contributed by atoms with Crippen LogP contribution in [0.5, 0.6) is 0 Å². The van der Waals surface area contributed by atoms with Crippen molar-refractivity contribution >= 4 is 17.5 Å². The molecule has 0 fully saturated rings. The minimum atomic E-state index is -0.543. The van der Waals surface area contributed by atoms with E-state index in [1.165, 1.54) is 0 Å². The molecule has 4 N–H and O–H groups in total. The topological polar surface area (TPSA) is 122 Å². The number of aromatic nitrogens is 2. The van der Waals surface area contributed by atoms with Gasteiger partial charge in [-0.1, -0.05) is 0 Å². The van der Waals surface area contributed by atoms with Gasteiger partial charge in [-0.3, -0.25) is 15.5 Å². The summed E-state index contributed by atoms with van der Waals surface area (Å²) < 4.78 is 0. The molecule has 0 aromatic carbocycles. The van der Waals surface area contributed by atoms with Crippen LogP contribution in [0.4, 0.5) is 17.5 Å². The third kappa shape index (κ3) is 3.81. The molecule has 0 spiro atoms. The Morgan fingerprint density at radius 1 is 1.59 bits per heavy atom. The first kappa shape index (κ1) is 13.1. The number of nitro groups is 1.